The maximum atomic E-state index is 9.34. The zero-order valence-electron chi connectivity index (χ0n) is 11.3. The number of hydrogen-bond acceptors (Lipinski definition) is 2. The third kappa shape index (κ3) is 2.36. The lowest BCUT2D eigenvalue weighted by Crippen LogP contribution is -1.99. The SMILES string of the molecule is Cc1ccc(-n2nc(CO)cc2-c2ccccc2)cc1. The molecule has 0 unspecified atom stereocenters. The lowest BCUT2D eigenvalue weighted by molar-refractivity contribution is 0.276. The van der Waals surface area contributed by atoms with Crippen LogP contribution in [0.2, 0.25) is 0 Å². The minimum Gasteiger partial charge on any atom is -0.390 e. The Labute approximate surface area is 118 Å². The maximum absolute atomic E-state index is 9.34. The van der Waals surface area contributed by atoms with Gasteiger partial charge in [-0.3, -0.25) is 0 Å². The second kappa shape index (κ2) is 5.31. The van der Waals surface area contributed by atoms with E-state index in [-0.39, 0.29) is 6.61 Å². The van der Waals surface area contributed by atoms with Crippen LogP contribution in [-0.4, -0.2) is 14.9 Å². The van der Waals surface area contributed by atoms with Gasteiger partial charge in [0.2, 0.25) is 0 Å². The summed E-state index contributed by atoms with van der Waals surface area (Å²) in [7, 11) is 0. The van der Waals surface area contributed by atoms with Gasteiger partial charge < -0.3 is 5.11 Å². The standard InChI is InChI=1S/C17H16N2O/c1-13-7-9-16(10-8-13)19-17(11-15(12-20)18-19)14-5-3-2-4-6-14/h2-11,20H,12H2,1H3. The molecule has 3 heteroatoms. The van der Waals surface area contributed by atoms with Crippen LogP contribution in [0.25, 0.3) is 16.9 Å². The number of aryl methyl sites for hydroxylation is 1. The Kier molecular flexibility index (Phi) is 3.35. The monoisotopic (exact) mass is 264 g/mol. The largest absolute Gasteiger partial charge is 0.390 e. The molecule has 100 valence electrons. The quantitative estimate of drug-likeness (QED) is 0.788. The van der Waals surface area contributed by atoms with Crippen LogP contribution in [0, 0.1) is 6.92 Å². The highest BCUT2D eigenvalue weighted by Gasteiger charge is 2.10. The van der Waals surface area contributed by atoms with Crippen LogP contribution in [-0.2, 0) is 6.61 Å². The molecule has 0 radical (unpaired) electrons. The molecular formula is C17H16N2O. The van der Waals surface area contributed by atoms with Crippen molar-refractivity contribution in [2.75, 3.05) is 0 Å². The van der Waals surface area contributed by atoms with Crippen LogP contribution < -0.4 is 0 Å². The van der Waals surface area contributed by atoms with Crippen LogP contribution in [0.3, 0.4) is 0 Å². The summed E-state index contributed by atoms with van der Waals surface area (Å²) < 4.78 is 1.88. The van der Waals surface area contributed by atoms with Crippen LogP contribution in [0.15, 0.2) is 60.7 Å². The minimum absolute atomic E-state index is 0.0569. The Morgan fingerprint density at radius 1 is 1.00 bits per heavy atom. The first kappa shape index (κ1) is 12.6. The van der Waals surface area contributed by atoms with E-state index < -0.39 is 0 Å². The summed E-state index contributed by atoms with van der Waals surface area (Å²) >= 11 is 0. The second-order valence-electron chi connectivity index (χ2n) is 4.79. The van der Waals surface area contributed by atoms with Gasteiger partial charge in [-0.15, -0.1) is 0 Å². The van der Waals surface area contributed by atoms with E-state index in [0.29, 0.717) is 5.69 Å². The second-order valence-corrected chi connectivity index (χ2v) is 4.79. The summed E-state index contributed by atoms with van der Waals surface area (Å²) in [5.74, 6) is 0. The van der Waals surface area contributed by atoms with Gasteiger partial charge in [0.05, 0.1) is 23.7 Å². The summed E-state index contributed by atoms with van der Waals surface area (Å²) in [5, 5.41) is 13.8. The summed E-state index contributed by atoms with van der Waals surface area (Å²) in [6, 6.07) is 20.2. The first-order valence-corrected chi connectivity index (χ1v) is 6.60. The van der Waals surface area contributed by atoms with Gasteiger partial charge in [0.25, 0.3) is 0 Å². The van der Waals surface area contributed by atoms with Gasteiger partial charge in [-0.25, -0.2) is 4.68 Å². The molecule has 0 atom stereocenters. The number of nitrogens with zero attached hydrogens (tertiary/aromatic N) is 2. The molecule has 0 saturated heterocycles. The molecule has 0 aliphatic rings. The third-order valence-electron chi connectivity index (χ3n) is 3.27. The summed E-state index contributed by atoms with van der Waals surface area (Å²) in [6.45, 7) is 2.00. The minimum atomic E-state index is -0.0569. The molecule has 1 heterocycles. The molecule has 3 nitrogen and oxygen atoms in total. The molecule has 1 N–H and O–H groups in total. The van der Waals surface area contributed by atoms with Crippen LogP contribution in [0.4, 0.5) is 0 Å². The molecule has 0 amide bonds. The van der Waals surface area contributed by atoms with Crippen molar-refractivity contribution >= 4 is 0 Å². The number of hydrogen-bond donors (Lipinski definition) is 1. The molecule has 20 heavy (non-hydrogen) atoms. The zero-order chi connectivity index (χ0) is 13.9. The third-order valence-corrected chi connectivity index (χ3v) is 3.27. The van der Waals surface area contributed by atoms with Gasteiger partial charge in [-0.2, -0.15) is 5.10 Å². The van der Waals surface area contributed by atoms with Crippen LogP contribution in [0.1, 0.15) is 11.3 Å². The van der Waals surface area contributed by atoms with E-state index in [9.17, 15) is 5.11 Å². The smallest absolute Gasteiger partial charge is 0.0889 e. The average Bonchev–Trinajstić information content (AvgIpc) is 2.93. The van der Waals surface area contributed by atoms with Gasteiger partial charge in [0.15, 0.2) is 0 Å². The molecule has 1 aromatic heterocycles. The van der Waals surface area contributed by atoms with E-state index in [0.717, 1.165) is 16.9 Å². The normalized spacial score (nSPS) is 10.7. The Morgan fingerprint density at radius 2 is 1.70 bits per heavy atom. The molecule has 3 aromatic rings. The fourth-order valence-electron chi connectivity index (χ4n) is 2.20. The van der Waals surface area contributed by atoms with Crippen LogP contribution >= 0.6 is 0 Å². The van der Waals surface area contributed by atoms with Crippen molar-refractivity contribution < 1.29 is 5.11 Å². The van der Waals surface area contributed by atoms with Crippen LogP contribution in [0.5, 0.6) is 0 Å². The van der Waals surface area contributed by atoms with Crippen molar-refractivity contribution in [1.82, 2.24) is 9.78 Å². The summed E-state index contributed by atoms with van der Waals surface area (Å²) in [5.41, 5.74) is 4.95. The predicted molar refractivity (Wildman–Crippen MR) is 79.7 cm³/mol. The predicted octanol–water partition coefficient (Wildman–Crippen LogP) is 3.34. The van der Waals surface area contributed by atoms with E-state index in [1.165, 1.54) is 5.56 Å². The fraction of sp³-hybridized carbons (Fsp3) is 0.118. The molecular weight excluding hydrogens is 248 g/mol. The summed E-state index contributed by atoms with van der Waals surface area (Å²) in [6.07, 6.45) is 0. The number of rotatable bonds is 3. The number of aliphatic hydroxyl groups is 1. The highest BCUT2D eigenvalue weighted by molar-refractivity contribution is 5.62. The lowest BCUT2D eigenvalue weighted by atomic mass is 10.1. The van der Waals surface area contributed by atoms with Gasteiger partial charge in [0.1, 0.15) is 0 Å². The van der Waals surface area contributed by atoms with E-state index in [4.69, 9.17) is 0 Å². The van der Waals surface area contributed by atoms with Gasteiger partial charge in [-0.1, -0.05) is 48.0 Å². The number of benzene rings is 2. The molecule has 0 bridgehead atoms. The molecule has 0 aliphatic carbocycles. The lowest BCUT2D eigenvalue weighted by Gasteiger charge is -2.07. The van der Waals surface area contributed by atoms with Crippen molar-refractivity contribution in [3.8, 4) is 16.9 Å². The van der Waals surface area contributed by atoms with Crippen molar-refractivity contribution in [3.05, 3.63) is 71.9 Å². The number of aromatic nitrogens is 2. The van der Waals surface area contributed by atoms with Crippen molar-refractivity contribution in [2.45, 2.75) is 13.5 Å². The topological polar surface area (TPSA) is 38.0 Å². The van der Waals surface area contributed by atoms with E-state index in [1.807, 2.05) is 53.2 Å². The Morgan fingerprint density at radius 3 is 2.35 bits per heavy atom. The average molecular weight is 264 g/mol. The number of aliphatic hydroxyl groups excluding tert-OH is 1. The Balaban J connectivity index is 2.15. The van der Waals surface area contributed by atoms with E-state index >= 15 is 0 Å². The maximum Gasteiger partial charge on any atom is 0.0889 e. The van der Waals surface area contributed by atoms with E-state index in [1.54, 1.807) is 0 Å². The van der Waals surface area contributed by atoms with Gasteiger partial charge in [-0.05, 0) is 25.1 Å². The van der Waals surface area contributed by atoms with Crippen molar-refractivity contribution in [1.29, 1.82) is 0 Å². The molecule has 0 saturated carbocycles. The van der Waals surface area contributed by atoms with Crippen molar-refractivity contribution in [3.63, 3.8) is 0 Å². The molecule has 3 rings (SSSR count). The summed E-state index contributed by atoms with van der Waals surface area (Å²) in [4.78, 5) is 0. The molecule has 0 fully saturated rings. The highest BCUT2D eigenvalue weighted by atomic mass is 16.3. The van der Waals surface area contributed by atoms with E-state index in [2.05, 4.69) is 24.2 Å². The first-order chi connectivity index (χ1) is 9.78. The molecule has 2 aromatic carbocycles. The van der Waals surface area contributed by atoms with Gasteiger partial charge in [0, 0.05) is 5.56 Å². The van der Waals surface area contributed by atoms with Gasteiger partial charge >= 0.3 is 0 Å². The Bertz CT molecular complexity index is 700. The zero-order valence-corrected chi connectivity index (χ0v) is 11.3. The van der Waals surface area contributed by atoms with Crippen molar-refractivity contribution in [2.24, 2.45) is 0 Å². The molecule has 0 spiro atoms. The fourth-order valence-corrected chi connectivity index (χ4v) is 2.20. The molecule has 0 aliphatic heterocycles. The Hall–Kier alpha value is -2.39. The first-order valence-electron chi connectivity index (χ1n) is 6.60. The highest BCUT2D eigenvalue weighted by Crippen LogP contribution is 2.24.